The van der Waals surface area contributed by atoms with E-state index in [1.165, 1.54) is 0 Å². The minimum atomic E-state index is -3.73. The van der Waals surface area contributed by atoms with Gasteiger partial charge in [0.2, 0.25) is 15.9 Å². The summed E-state index contributed by atoms with van der Waals surface area (Å²) in [6, 6.07) is 9.55. The van der Waals surface area contributed by atoms with Gasteiger partial charge in [-0.2, -0.15) is 0 Å². The zero-order valence-electron chi connectivity index (χ0n) is 21.4. The Morgan fingerprint density at radius 2 is 2.00 bits per heavy atom. The third kappa shape index (κ3) is 5.04. The van der Waals surface area contributed by atoms with Crippen molar-refractivity contribution < 1.29 is 23.1 Å². The summed E-state index contributed by atoms with van der Waals surface area (Å²) in [5.41, 5.74) is 5.18. The third-order valence-corrected chi connectivity index (χ3v) is 10.9. The molecule has 3 aliphatic rings. The van der Waals surface area contributed by atoms with Crippen LogP contribution in [-0.4, -0.2) is 40.8 Å². The number of hydrogen-bond donors (Lipinski definition) is 2. The Morgan fingerprint density at radius 3 is 2.72 bits per heavy atom. The van der Waals surface area contributed by atoms with Crippen molar-refractivity contribution in [2.75, 3.05) is 6.61 Å². The van der Waals surface area contributed by atoms with E-state index in [2.05, 4.69) is 14.7 Å². The zero-order valence-corrected chi connectivity index (χ0v) is 23.0. The van der Waals surface area contributed by atoms with E-state index in [1.807, 2.05) is 54.9 Å². The van der Waals surface area contributed by atoms with Crippen LogP contribution in [0.4, 0.5) is 0 Å². The Balaban J connectivity index is 1.16. The van der Waals surface area contributed by atoms with E-state index < -0.39 is 32.7 Å². The summed E-state index contributed by atoms with van der Waals surface area (Å²) in [6.45, 7) is 1.99. The zero-order chi connectivity index (χ0) is 27.2. The van der Waals surface area contributed by atoms with Crippen LogP contribution in [0.3, 0.4) is 0 Å². The fourth-order valence-corrected chi connectivity index (χ4v) is 7.00. The number of aliphatic hydroxyl groups is 1. The lowest BCUT2D eigenvalue weighted by Gasteiger charge is -2.31. The van der Waals surface area contributed by atoms with Gasteiger partial charge in [-0.1, -0.05) is 42.5 Å². The lowest BCUT2D eigenvalue weighted by Crippen LogP contribution is -2.42. The summed E-state index contributed by atoms with van der Waals surface area (Å²) in [4.78, 5) is 22.8. The number of thiazole rings is 1. The van der Waals surface area contributed by atoms with Crippen LogP contribution in [0.25, 0.3) is 10.4 Å². The van der Waals surface area contributed by atoms with Crippen molar-refractivity contribution in [2.45, 2.75) is 43.0 Å². The Hall–Kier alpha value is -3.34. The molecule has 4 atom stereocenters. The van der Waals surface area contributed by atoms with Crippen molar-refractivity contribution in [3.8, 4) is 16.2 Å². The number of ether oxygens (including phenoxy) is 1. The first kappa shape index (κ1) is 25.9. The molecule has 2 N–H and O–H groups in total. The Morgan fingerprint density at radius 1 is 1.18 bits per heavy atom. The molecule has 1 aromatic carbocycles. The molecule has 3 heterocycles. The van der Waals surface area contributed by atoms with E-state index in [9.17, 15) is 18.3 Å². The minimum Gasteiger partial charge on any atom is -0.493 e. The number of carbonyl (C=O) groups is 1. The third-order valence-electron chi connectivity index (χ3n) is 7.93. The van der Waals surface area contributed by atoms with Crippen LogP contribution in [0.15, 0.2) is 72.5 Å². The van der Waals surface area contributed by atoms with Crippen LogP contribution in [0.5, 0.6) is 5.75 Å². The number of amides is 1. The fraction of sp³-hybridized carbons (Fsp3) is 0.345. The topological polar surface area (TPSA) is 118 Å². The van der Waals surface area contributed by atoms with Crippen molar-refractivity contribution in [2.24, 2.45) is 11.8 Å². The second-order valence-corrected chi connectivity index (χ2v) is 13.7. The van der Waals surface area contributed by atoms with Gasteiger partial charge in [0.1, 0.15) is 5.75 Å². The number of nitrogens with zero attached hydrogens (tertiary/aromatic N) is 2. The molecule has 6 rings (SSSR count). The van der Waals surface area contributed by atoms with Gasteiger partial charge in [-0.15, -0.1) is 11.3 Å². The largest absolute Gasteiger partial charge is 0.493 e. The molecule has 1 saturated carbocycles. The van der Waals surface area contributed by atoms with Crippen LogP contribution in [0.1, 0.15) is 48.6 Å². The molecule has 2 aromatic heterocycles. The highest BCUT2D eigenvalue weighted by atomic mass is 32.2. The number of aliphatic hydroxyl groups excluding tert-OH is 1. The number of hydrogen-bond acceptors (Lipinski definition) is 8. The Kier molecular flexibility index (Phi) is 6.65. The lowest BCUT2D eigenvalue weighted by atomic mass is 9.81. The van der Waals surface area contributed by atoms with Crippen molar-refractivity contribution in [3.05, 3.63) is 89.4 Å². The van der Waals surface area contributed by atoms with Gasteiger partial charge in [0.25, 0.3) is 0 Å². The number of allylic oxidation sites excluding steroid dienone is 3. The maximum atomic E-state index is 13.1. The van der Waals surface area contributed by atoms with Gasteiger partial charge < -0.3 is 9.84 Å². The monoisotopic (exact) mass is 563 g/mol. The first-order chi connectivity index (χ1) is 18.7. The van der Waals surface area contributed by atoms with E-state index in [0.717, 1.165) is 21.7 Å². The lowest BCUT2D eigenvalue weighted by molar-refractivity contribution is -0.122. The summed E-state index contributed by atoms with van der Waals surface area (Å²) < 4.78 is 32.8. The van der Waals surface area contributed by atoms with Gasteiger partial charge in [0.05, 0.1) is 33.8 Å². The van der Waals surface area contributed by atoms with E-state index >= 15 is 0 Å². The van der Waals surface area contributed by atoms with Crippen molar-refractivity contribution >= 4 is 27.3 Å². The number of nitrogens with one attached hydrogen (secondary N) is 1. The number of rotatable bonds is 7. The van der Waals surface area contributed by atoms with E-state index in [1.54, 1.807) is 35.9 Å². The van der Waals surface area contributed by atoms with E-state index in [4.69, 9.17) is 4.74 Å². The highest BCUT2D eigenvalue weighted by Crippen LogP contribution is 2.43. The first-order valence-electron chi connectivity index (χ1n) is 12.9. The molecule has 1 aliphatic heterocycles. The summed E-state index contributed by atoms with van der Waals surface area (Å²) in [7, 11) is -3.73. The number of fused-ring (bicyclic) bond motifs is 1. The summed E-state index contributed by atoms with van der Waals surface area (Å²) in [5, 5.41) is 11.2. The van der Waals surface area contributed by atoms with Gasteiger partial charge in [-0.3, -0.25) is 19.5 Å². The second-order valence-electron chi connectivity index (χ2n) is 10.7. The number of pyridine rings is 1. The molecule has 202 valence electrons. The van der Waals surface area contributed by atoms with E-state index in [0.29, 0.717) is 37.2 Å². The molecule has 10 heteroatoms. The molecule has 0 radical (unpaired) electrons. The van der Waals surface area contributed by atoms with Gasteiger partial charge in [0.15, 0.2) is 0 Å². The smallest absolute Gasteiger partial charge is 0.241 e. The highest BCUT2D eigenvalue weighted by Gasteiger charge is 2.51. The van der Waals surface area contributed by atoms with Crippen molar-refractivity contribution in [1.29, 1.82) is 0 Å². The molecule has 39 heavy (non-hydrogen) atoms. The van der Waals surface area contributed by atoms with Crippen LogP contribution >= 0.6 is 11.3 Å². The molecule has 0 saturated heterocycles. The summed E-state index contributed by atoms with van der Waals surface area (Å²) >= 11 is 1.56. The van der Waals surface area contributed by atoms with Crippen LogP contribution in [-0.2, 0) is 21.2 Å². The molecular weight excluding hydrogens is 534 g/mol. The van der Waals surface area contributed by atoms with Crippen molar-refractivity contribution in [3.63, 3.8) is 0 Å². The van der Waals surface area contributed by atoms with Crippen molar-refractivity contribution in [1.82, 2.24) is 14.7 Å². The average Bonchev–Trinajstić information content (AvgIpc) is 3.48. The number of benzene rings is 1. The van der Waals surface area contributed by atoms with Crippen LogP contribution in [0.2, 0.25) is 0 Å². The van der Waals surface area contributed by atoms with Gasteiger partial charge in [-0.05, 0) is 43.9 Å². The van der Waals surface area contributed by atoms with Gasteiger partial charge >= 0.3 is 0 Å². The van der Waals surface area contributed by atoms with Crippen LogP contribution < -0.4 is 9.46 Å². The molecule has 0 spiro atoms. The molecular formula is C29H29N3O5S2. The predicted molar refractivity (Wildman–Crippen MR) is 149 cm³/mol. The average molecular weight is 564 g/mol. The van der Waals surface area contributed by atoms with E-state index in [-0.39, 0.29) is 11.8 Å². The molecule has 1 fully saturated rings. The Labute approximate surface area is 231 Å². The highest BCUT2D eigenvalue weighted by molar-refractivity contribution is 7.91. The number of aromatic nitrogens is 2. The standard InChI is InChI=1S/C29H29N3O5S2/c1-29(10-11-29)39(35,36)32-28(34)23-5-3-2-4-22(23)18-7-9-24-25(13-18)37-16-20(27(24)33)12-21-8-6-19(14-31-21)26-15-30-17-38-26/h2-9,13-15,17,20,22-23,27,33H,10-12,16H2,1H3,(H,32,34)/t20-,22?,23?,27+/m0/s1. The summed E-state index contributed by atoms with van der Waals surface area (Å²) in [5.74, 6) is -1.16. The quantitative estimate of drug-likeness (QED) is 0.440. The SMILES string of the molecule is CC1(S(=O)(=O)NC(=O)C2C=CC=CC2c2ccc3c(c2)OC[C@H](Cc2ccc(-c4cncs4)cn2)[C@H]3O)CC1. The molecule has 8 nitrogen and oxygen atoms in total. The normalized spacial score (nSPS) is 25.0. The van der Waals surface area contributed by atoms with Crippen LogP contribution in [0, 0.1) is 11.8 Å². The molecule has 2 aliphatic carbocycles. The molecule has 3 aromatic rings. The summed E-state index contributed by atoms with van der Waals surface area (Å²) in [6.07, 6.45) is 11.8. The van der Waals surface area contributed by atoms with Gasteiger partial charge in [0, 0.05) is 41.1 Å². The molecule has 2 unspecified atom stereocenters. The predicted octanol–water partition coefficient (Wildman–Crippen LogP) is 4.31. The Bertz CT molecular complexity index is 1540. The molecule has 0 bridgehead atoms. The first-order valence-corrected chi connectivity index (χ1v) is 15.3. The second kappa shape index (κ2) is 10.0. The maximum absolute atomic E-state index is 13.1. The molecule has 1 amide bonds. The van der Waals surface area contributed by atoms with Gasteiger partial charge in [-0.25, -0.2) is 8.42 Å². The maximum Gasteiger partial charge on any atom is 0.241 e. The minimum absolute atomic E-state index is 0.157. The number of sulfonamides is 1. The fourth-order valence-electron chi connectivity index (χ4n) is 5.10. The number of carbonyl (C=O) groups excluding carboxylic acids is 1.